The maximum absolute atomic E-state index is 15.2. The molecule has 1 saturated carbocycles. The fourth-order valence-corrected chi connectivity index (χ4v) is 8.82. The second-order valence-corrected chi connectivity index (χ2v) is 12.8. The van der Waals surface area contributed by atoms with Gasteiger partial charge in [-0.05, 0) is 54.2 Å². The number of para-hydroxylation sites is 2. The van der Waals surface area contributed by atoms with Gasteiger partial charge in [0.25, 0.3) is 0 Å². The summed E-state index contributed by atoms with van der Waals surface area (Å²) >= 11 is 0. The number of halogens is 1. The van der Waals surface area contributed by atoms with E-state index in [1.54, 1.807) is 78.9 Å². The Kier molecular flexibility index (Phi) is 6.69. The van der Waals surface area contributed by atoms with E-state index in [4.69, 9.17) is 0 Å². The molecule has 1 aliphatic heterocycles. The molecule has 4 aliphatic rings. The van der Waals surface area contributed by atoms with Crippen LogP contribution in [0.5, 0.6) is 5.75 Å². The summed E-state index contributed by atoms with van der Waals surface area (Å²) in [4.78, 5) is 59.2. The van der Waals surface area contributed by atoms with Crippen LogP contribution in [0.25, 0.3) is 5.57 Å². The Balaban J connectivity index is 1.38. The number of nitrogens with zero attached hydrogens (tertiary/aromatic N) is 1. The van der Waals surface area contributed by atoms with Crippen LogP contribution in [0.15, 0.2) is 127 Å². The van der Waals surface area contributed by atoms with Crippen molar-refractivity contribution in [1.29, 1.82) is 0 Å². The average Bonchev–Trinajstić information content (AvgIpc) is 3.37. The molecule has 2 fully saturated rings. The zero-order valence-electron chi connectivity index (χ0n) is 25.3. The molecule has 3 aliphatic carbocycles. The Morgan fingerprint density at radius 2 is 1.40 bits per heavy atom. The standard InChI is InChI=1S/C40H30FNO5/c41-32-18-10-17-28(37(32)45)35-26-19-20-27-34(39(47)42(38(27)46)25-15-8-3-9-16-25)30(26)21-31-36(44)29(23-11-4-1-5-12-23)22-33(43)40(31,35)24-13-6-2-7-14-24/h1-19,22,27,30-31,34-35,45H,20-21H2/t27-,30+,31-,34-,35+,40-/m0/s1. The van der Waals surface area contributed by atoms with Gasteiger partial charge in [-0.15, -0.1) is 0 Å². The molecule has 232 valence electrons. The van der Waals surface area contributed by atoms with E-state index in [1.165, 1.54) is 17.0 Å². The molecule has 6 atom stereocenters. The van der Waals surface area contributed by atoms with Crippen molar-refractivity contribution in [3.63, 3.8) is 0 Å². The number of aromatic hydroxyl groups is 1. The lowest BCUT2D eigenvalue weighted by Crippen LogP contribution is -2.58. The summed E-state index contributed by atoms with van der Waals surface area (Å²) in [6, 6.07) is 31.0. The summed E-state index contributed by atoms with van der Waals surface area (Å²) in [6.07, 6.45) is 3.67. The Morgan fingerprint density at radius 3 is 2.11 bits per heavy atom. The minimum atomic E-state index is -1.54. The summed E-state index contributed by atoms with van der Waals surface area (Å²) in [5.41, 5.74) is 1.22. The number of phenols is 1. The summed E-state index contributed by atoms with van der Waals surface area (Å²) in [5, 5.41) is 11.3. The minimum absolute atomic E-state index is 0.130. The lowest BCUT2D eigenvalue weighted by molar-refractivity contribution is -0.135. The summed E-state index contributed by atoms with van der Waals surface area (Å²) in [6.45, 7) is 0. The lowest BCUT2D eigenvalue weighted by atomic mass is 9.44. The SMILES string of the molecule is O=C1C(c2ccccc2)=CC(=O)[C@@]2(c3ccccc3)[C@@H](c3cccc(F)c3O)C3=CC[C@@H]4C(=O)N(c5ccccc5)C(=O)[C@@H]4[C@@H]3C[C@@H]12. The third-order valence-corrected chi connectivity index (χ3v) is 10.7. The average molecular weight is 624 g/mol. The van der Waals surface area contributed by atoms with Gasteiger partial charge >= 0.3 is 0 Å². The van der Waals surface area contributed by atoms with Crippen LogP contribution in [0.4, 0.5) is 10.1 Å². The Hall–Kier alpha value is -5.43. The van der Waals surface area contributed by atoms with Gasteiger partial charge < -0.3 is 5.11 Å². The number of amides is 2. The number of Topliss-reactive ketones (excluding diaryl/α,β-unsaturated/α-hetero) is 1. The van der Waals surface area contributed by atoms with Crippen molar-refractivity contribution in [2.75, 3.05) is 4.90 Å². The normalized spacial score (nSPS) is 28.3. The molecule has 0 unspecified atom stereocenters. The maximum Gasteiger partial charge on any atom is 0.238 e. The molecule has 4 aromatic rings. The van der Waals surface area contributed by atoms with Gasteiger partial charge in [0.2, 0.25) is 11.8 Å². The molecule has 0 aromatic heterocycles. The van der Waals surface area contributed by atoms with Crippen LogP contribution in [0, 0.1) is 29.5 Å². The zero-order chi connectivity index (χ0) is 32.4. The molecule has 2 amide bonds. The molecule has 8 rings (SSSR count). The minimum Gasteiger partial charge on any atom is -0.505 e. The number of phenolic OH excluding ortho intramolecular Hbond substituents is 1. The first-order valence-electron chi connectivity index (χ1n) is 15.9. The second-order valence-electron chi connectivity index (χ2n) is 12.8. The van der Waals surface area contributed by atoms with E-state index in [-0.39, 0.29) is 47.4 Å². The molecular weight excluding hydrogens is 593 g/mol. The highest BCUT2D eigenvalue weighted by atomic mass is 19.1. The Morgan fingerprint density at radius 1 is 0.745 bits per heavy atom. The van der Waals surface area contributed by atoms with Crippen molar-refractivity contribution >= 4 is 34.6 Å². The number of hydrogen-bond donors (Lipinski definition) is 1. The van der Waals surface area contributed by atoms with Crippen LogP contribution < -0.4 is 4.90 Å². The third-order valence-electron chi connectivity index (χ3n) is 10.7. The van der Waals surface area contributed by atoms with E-state index in [2.05, 4.69) is 0 Å². The monoisotopic (exact) mass is 623 g/mol. The van der Waals surface area contributed by atoms with Gasteiger partial charge in [0.05, 0.1) is 22.9 Å². The van der Waals surface area contributed by atoms with Crippen LogP contribution in [-0.4, -0.2) is 28.5 Å². The molecule has 1 heterocycles. The van der Waals surface area contributed by atoms with Crippen LogP contribution in [0.2, 0.25) is 0 Å². The highest BCUT2D eigenvalue weighted by Crippen LogP contribution is 2.64. The molecule has 4 aromatic carbocycles. The molecule has 1 N–H and O–H groups in total. The fraction of sp³-hybridized carbons (Fsp3) is 0.200. The number of fused-ring (bicyclic) bond motifs is 4. The van der Waals surface area contributed by atoms with E-state index in [0.29, 0.717) is 22.4 Å². The molecule has 47 heavy (non-hydrogen) atoms. The highest BCUT2D eigenvalue weighted by molar-refractivity contribution is 6.32. The summed E-state index contributed by atoms with van der Waals surface area (Å²) < 4.78 is 15.2. The van der Waals surface area contributed by atoms with Gasteiger partial charge in [0, 0.05) is 23.0 Å². The van der Waals surface area contributed by atoms with Crippen molar-refractivity contribution in [2.24, 2.45) is 23.7 Å². The van der Waals surface area contributed by atoms with Gasteiger partial charge in [-0.25, -0.2) is 4.39 Å². The first-order chi connectivity index (χ1) is 22.8. The van der Waals surface area contributed by atoms with Gasteiger partial charge in [0.1, 0.15) is 0 Å². The maximum atomic E-state index is 15.2. The first-order valence-corrected chi connectivity index (χ1v) is 15.9. The van der Waals surface area contributed by atoms with Crippen molar-refractivity contribution < 1.29 is 28.7 Å². The molecule has 0 bridgehead atoms. The predicted molar refractivity (Wildman–Crippen MR) is 174 cm³/mol. The van der Waals surface area contributed by atoms with E-state index in [9.17, 15) is 24.3 Å². The third kappa shape index (κ3) is 4.08. The summed E-state index contributed by atoms with van der Waals surface area (Å²) in [5.74, 6) is -6.72. The van der Waals surface area contributed by atoms with Crippen molar-refractivity contribution in [3.8, 4) is 5.75 Å². The van der Waals surface area contributed by atoms with Crippen molar-refractivity contribution in [1.82, 2.24) is 0 Å². The number of hydrogen-bond acceptors (Lipinski definition) is 5. The topological polar surface area (TPSA) is 91.8 Å². The molecule has 7 heteroatoms. The molecule has 6 nitrogen and oxygen atoms in total. The largest absolute Gasteiger partial charge is 0.505 e. The quantitative estimate of drug-likeness (QED) is 0.205. The number of benzene rings is 4. The first kappa shape index (κ1) is 29.0. The van der Waals surface area contributed by atoms with E-state index in [1.807, 2.05) is 24.3 Å². The van der Waals surface area contributed by atoms with Gasteiger partial charge in [-0.1, -0.05) is 103 Å². The summed E-state index contributed by atoms with van der Waals surface area (Å²) in [7, 11) is 0. The molecule has 0 spiro atoms. The fourth-order valence-electron chi connectivity index (χ4n) is 8.82. The number of anilines is 1. The van der Waals surface area contributed by atoms with Crippen LogP contribution in [0.3, 0.4) is 0 Å². The number of imide groups is 1. The number of carbonyl (C=O) groups excluding carboxylic acids is 4. The Labute approximate surface area is 270 Å². The van der Waals surface area contributed by atoms with Gasteiger partial charge in [-0.2, -0.15) is 0 Å². The van der Waals surface area contributed by atoms with Crippen LogP contribution in [-0.2, 0) is 24.6 Å². The number of carbonyl (C=O) groups is 4. The highest BCUT2D eigenvalue weighted by Gasteiger charge is 2.66. The number of allylic oxidation sites excluding steroid dienone is 4. The number of rotatable bonds is 4. The van der Waals surface area contributed by atoms with E-state index < -0.39 is 46.6 Å². The van der Waals surface area contributed by atoms with E-state index >= 15 is 4.39 Å². The molecular formula is C40H30FNO5. The van der Waals surface area contributed by atoms with Crippen molar-refractivity contribution in [3.05, 3.63) is 149 Å². The van der Waals surface area contributed by atoms with Gasteiger partial charge in [-0.3, -0.25) is 24.1 Å². The van der Waals surface area contributed by atoms with Crippen LogP contribution in [0.1, 0.15) is 35.4 Å². The second kappa shape index (κ2) is 10.8. The van der Waals surface area contributed by atoms with Crippen LogP contribution >= 0.6 is 0 Å². The van der Waals surface area contributed by atoms with E-state index in [0.717, 1.165) is 6.07 Å². The zero-order valence-corrected chi connectivity index (χ0v) is 25.3. The van der Waals surface area contributed by atoms with Crippen molar-refractivity contribution in [2.45, 2.75) is 24.2 Å². The number of ketones is 2. The molecule has 0 radical (unpaired) electrons. The van der Waals surface area contributed by atoms with Gasteiger partial charge in [0.15, 0.2) is 23.1 Å². The molecule has 1 saturated heterocycles. The lowest BCUT2D eigenvalue weighted by Gasteiger charge is -2.55. The Bertz CT molecular complexity index is 2020. The predicted octanol–water partition coefficient (Wildman–Crippen LogP) is 6.56. The smallest absolute Gasteiger partial charge is 0.238 e.